The van der Waals surface area contributed by atoms with Crippen molar-refractivity contribution in [2.45, 2.75) is 32.7 Å². The summed E-state index contributed by atoms with van der Waals surface area (Å²) in [6, 6.07) is 17.9. The van der Waals surface area contributed by atoms with Crippen molar-refractivity contribution in [3.05, 3.63) is 77.8 Å². The maximum Gasteiger partial charge on any atom is 0.331 e. The van der Waals surface area contributed by atoms with E-state index in [0.29, 0.717) is 38.3 Å². The third-order valence-corrected chi connectivity index (χ3v) is 5.88. The Hall–Kier alpha value is -3.51. The van der Waals surface area contributed by atoms with Gasteiger partial charge in [-0.3, -0.25) is 0 Å². The van der Waals surface area contributed by atoms with E-state index in [9.17, 15) is 9.90 Å². The number of unbranched alkanes of at least 4 members (excludes halogenated alkanes) is 1. The maximum atomic E-state index is 11.8. The van der Waals surface area contributed by atoms with Crippen molar-refractivity contribution in [2.24, 2.45) is 0 Å². The molecule has 4 rings (SSSR count). The van der Waals surface area contributed by atoms with E-state index in [1.54, 1.807) is 12.3 Å². The second kappa shape index (κ2) is 11.6. The minimum absolute atomic E-state index is 0.408. The van der Waals surface area contributed by atoms with Crippen molar-refractivity contribution in [2.75, 3.05) is 31.3 Å². The molecule has 0 fully saturated rings. The molecule has 0 saturated carbocycles. The molecule has 0 spiro atoms. The molecule has 1 aliphatic rings. The zero-order chi connectivity index (χ0) is 23.8. The predicted molar refractivity (Wildman–Crippen MR) is 133 cm³/mol. The van der Waals surface area contributed by atoms with Gasteiger partial charge in [-0.15, -0.1) is 0 Å². The number of carboxylic acids is 1. The number of nitrogens with zero attached hydrogens (tertiary/aromatic N) is 1. The maximum absolute atomic E-state index is 11.8. The summed E-state index contributed by atoms with van der Waals surface area (Å²) in [4.78, 5) is 13.9. The first-order valence-electron chi connectivity index (χ1n) is 11.8. The fourth-order valence-corrected chi connectivity index (χ4v) is 4.01. The van der Waals surface area contributed by atoms with Crippen LogP contribution in [-0.2, 0) is 16.1 Å². The average molecular weight is 462 g/mol. The fraction of sp³-hybridized carbons (Fsp3) is 0.321. The highest BCUT2D eigenvalue weighted by atomic mass is 16.5. The molecule has 6 heteroatoms. The van der Waals surface area contributed by atoms with Gasteiger partial charge in [-0.1, -0.05) is 31.5 Å². The Morgan fingerprint density at radius 1 is 1.06 bits per heavy atom. The molecule has 1 aliphatic heterocycles. The molecule has 0 amide bonds. The van der Waals surface area contributed by atoms with E-state index in [-0.39, 0.29) is 0 Å². The largest absolute Gasteiger partial charge is 0.491 e. The number of benzene rings is 2. The predicted octanol–water partition coefficient (Wildman–Crippen LogP) is 6.02. The lowest BCUT2D eigenvalue weighted by Gasteiger charge is -2.24. The standard InChI is InChI=1S/C28H31NO5/c1-2-3-14-32-16-17-34-25-9-6-21(7-10-25)22-8-11-27-24(18-22)19-23(28(30)31)12-13-29(27)20-26-5-4-15-33-26/h4-11,15,18-19H,2-3,12-14,16-17,20H2,1H3,(H,30,31). The molecule has 0 atom stereocenters. The zero-order valence-electron chi connectivity index (χ0n) is 19.5. The van der Waals surface area contributed by atoms with Gasteiger partial charge in [-0.2, -0.15) is 0 Å². The van der Waals surface area contributed by atoms with E-state index >= 15 is 0 Å². The Bertz CT molecular complexity index is 1100. The molecule has 1 N–H and O–H groups in total. The summed E-state index contributed by atoms with van der Waals surface area (Å²) in [5.74, 6) is 0.770. The smallest absolute Gasteiger partial charge is 0.331 e. The van der Waals surface area contributed by atoms with Gasteiger partial charge < -0.3 is 23.9 Å². The van der Waals surface area contributed by atoms with Crippen molar-refractivity contribution in [3.8, 4) is 16.9 Å². The topological polar surface area (TPSA) is 72.1 Å². The lowest BCUT2D eigenvalue weighted by molar-refractivity contribution is -0.132. The first-order chi connectivity index (χ1) is 16.6. The Morgan fingerprint density at radius 3 is 2.62 bits per heavy atom. The highest BCUT2D eigenvalue weighted by molar-refractivity contribution is 5.94. The molecule has 2 aromatic carbocycles. The number of rotatable bonds is 11. The molecule has 3 aromatic rings. The van der Waals surface area contributed by atoms with Crippen LogP contribution in [0.1, 0.15) is 37.5 Å². The molecule has 0 bridgehead atoms. The van der Waals surface area contributed by atoms with Gasteiger partial charge in [0.1, 0.15) is 18.1 Å². The SMILES string of the molecule is CCCCOCCOc1ccc(-c2ccc3c(c2)C=C(C(=O)O)CCN3Cc2ccco2)cc1. The first-order valence-corrected chi connectivity index (χ1v) is 11.8. The average Bonchev–Trinajstić information content (AvgIpc) is 3.29. The van der Waals surface area contributed by atoms with Crippen molar-refractivity contribution in [1.82, 2.24) is 0 Å². The van der Waals surface area contributed by atoms with Crippen LogP contribution in [-0.4, -0.2) is 37.4 Å². The second-order valence-corrected chi connectivity index (χ2v) is 8.34. The zero-order valence-corrected chi connectivity index (χ0v) is 19.5. The number of anilines is 1. The van der Waals surface area contributed by atoms with Crippen LogP contribution in [0.4, 0.5) is 5.69 Å². The van der Waals surface area contributed by atoms with Crippen LogP contribution >= 0.6 is 0 Å². The van der Waals surface area contributed by atoms with Crippen LogP contribution in [0.5, 0.6) is 5.75 Å². The first kappa shape index (κ1) is 23.6. The van der Waals surface area contributed by atoms with Gasteiger partial charge in [0.25, 0.3) is 0 Å². The van der Waals surface area contributed by atoms with Crippen LogP contribution in [0, 0.1) is 0 Å². The minimum Gasteiger partial charge on any atom is -0.491 e. The van der Waals surface area contributed by atoms with Crippen LogP contribution in [0.25, 0.3) is 17.2 Å². The van der Waals surface area contributed by atoms with E-state index in [1.807, 2.05) is 36.4 Å². The van der Waals surface area contributed by atoms with Crippen molar-refractivity contribution in [3.63, 3.8) is 0 Å². The van der Waals surface area contributed by atoms with Gasteiger partial charge in [-0.25, -0.2) is 4.79 Å². The van der Waals surface area contributed by atoms with Crippen LogP contribution in [0.3, 0.4) is 0 Å². The monoisotopic (exact) mass is 461 g/mol. The van der Waals surface area contributed by atoms with Gasteiger partial charge in [-0.05, 0) is 72.0 Å². The third-order valence-electron chi connectivity index (χ3n) is 5.88. The number of carbonyl (C=O) groups is 1. The molecule has 34 heavy (non-hydrogen) atoms. The number of fused-ring (bicyclic) bond motifs is 1. The van der Waals surface area contributed by atoms with E-state index < -0.39 is 5.97 Å². The van der Waals surface area contributed by atoms with Crippen LogP contribution in [0.2, 0.25) is 0 Å². The fourth-order valence-electron chi connectivity index (χ4n) is 4.01. The van der Waals surface area contributed by atoms with Gasteiger partial charge in [0, 0.05) is 24.4 Å². The third kappa shape index (κ3) is 6.08. The number of aliphatic carboxylic acids is 1. The molecule has 0 aliphatic carbocycles. The highest BCUT2D eigenvalue weighted by Gasteiger charge is 2.20. The molecule has 0 saturated heterocycles. The van der Waals surface area contributed by atoms with E-state index in [4.69, 9.17) is 13.9 Å². The molecular formula is C28H31NO5. The van der Waals surface area contributed by atoms with E-state index in [1.165, 1.54) is 0 Å². The molecule has 2 heterocycles. The number of furan rings is 1. The van der Waals surface area contributed by atoms with Crippen molar-refractivity contribution < 1.29 is 23.8 Å². The molecule has 1 aromatic heterocycles. The minimum atomic E-state index is -0.878. The van der Waals surface area contributed by atoms with E-state index in [2.05, 4.69) is 30.0 Å². The normalized spacial score (nSPS) is 13.2. The Balaban J connectivity index is 1.50. The van der Waals surface area contributed by atoms with Crippen LogP contribution < -0.4 is 9.64 Å². The number of ether oxygens (including phenoxy) is 2. The summed E-state index contributed by atoms with van der Waals surface area (Å²) in [6.45, 7) is 5.22. The molecule has 6 nitrogen and oxygen atoms in total. The Labute approximate surface area is 200 Å². The summed E-state index contributed by atoms with van der Waals surface area (Å²) in [5, 5.41) is 9.65. The van der Waals surface area contributed by atoms with Crippen molar-refractivity contribution in [1.29, 1.82) is 0 Å². The van der Waals surface area contributed by atoms with Gasteiger partial charge in [0.05, 0.1) is 19.4 Å². The molecular weight excluding hydrogens is 430 g/mol. The summed E-state index contributed by atoms with van der Waals surface area (Å²) >= 11 is 0. The lowest BCUT2D eigenvalue weighted by atomic mass is 10.00. The number of hydrogen-bond donors (Lipinski definition) is 1. The summed E-state index contributed by atoms with van der Waals surface area (Å²) in [6.07, 6.45) is 6.11. The molecule has 178 valence electrons. The number of hydrogen-bond acceptors (Lipinski definition) is 5. The Morgan fingerprint density at radius 2 is 1.88 bits per heavy atom. The van der Waals surface area contributed by atoms with Gasteiger partial charge in [0.15, 0.2) is 0 Å². The second-order valence-electron chi connectivity index (χ2n) is 8.34. The quantitative estimate of drug-likeness (QED) is 0.352. The van der Waals surface area contributed by atoms with Crippen molar-refractivity contribution >= 4 is 17.7 Å². The molecule has 0 radical (unpaired) electrons. The Kier molecular flexibility index (Phi) is 8.04. The molecule has 0 unspecified atom stereocenters. The van der Waals surface area contributed by atoms with Gasteiger partial charge in [0.2, 0.25) is 0 Å². The van der Waals surface area contributed by atoms with Crippen LogP contribution in [0.15, 0.2) is 70.9 Å². The lowest BCUT2D eigenvalue weighted by Crippen LogP contribution is -2.24. The van der Waals surface area contributed by atoms with Gasteiger partial charge >= 0.3 is 5.97 Å². The van der Waals surface area contributed by atoms with E-state index in [0.717, 1.165) is 53.3 Å². The summed E-state index contributed by atoms with van der Waals surface area (Å²) in [5.41, 5.74) is 4.36. The summed E-state index contributed by atoms with van der Waals surface area (Å²) in [7, 11) is 0. The summed E-state index contributed by atoms with van der Waals surface area (Å²) < 4.78 is 16.8. The highest BCUT2D eigenvalue weighted by Crippen LogP contribution is 2.33. The number of carboxylic acid groups (broad SMARTS) is 1.